The molecule has 0 saturated heterocycles. The van der Waals surface area contributed by atoms with Gasteiger partial charge in [0.1, 0.15) is 5.82 Å². The average molecular weight is 269 g/mol. The summed E-state index contributed by atoms with van der Waals surface area (Å²) in [5.41, 5.74) is 3.87. The molecule has 2 heteroatoms. The van der Waals surface area contributed by atoms with Gasteiger partial charge in [-0.25, -0.2) is 4.39 Å². The molecule has 0 bridgehead atoms. The molecule has 0 aliphatic heterocycles. The molecule has 20 heavy (non-hydrogen) atoms. The van der Waals surface area contributed by atoms with E-state index in [-0.39, 0.29) is 5.82 Å². The van der Waals surface area contributed by atoms with Gasteiger partial charge in [-0.3, -0.25) is 0 Å². The van der Waals surface area contributed by atoms with Crippen molar-refractivity contribution in [1.82, 2.24) is 5.32 Å². The highest BCUT2D eigenvalue weighted by Crippen LogP contribution is 2.40. The van der Waals surface area contributed by atoms with Gasteiger partial charge in [0.2, 0.25) is 0 Å². The largest absolute Gasteiger partial charge is 0.312 e. The van der Waals surface area contributed by atoms with E-state index in [4.69, 9.17) is 0 Å². The van der Waals surface area contributed by atoms with Crippen LogP contribution in [0, 0.1) is 5.82 Å². The monoisotopic (exact) mass is 269 g/mol. The highest BCUT2D eigenvalue weighted by Gasteiger charge is 2.23. The van der Waals surface area contributed by atoms with Gasteiger partial charge < -0.3 is 5.32 Å². The second kappa shape index (κ2) is 6.19. The fourth-order valence-corrected chi connectivity index (χ4v) is 2.53. The highest BCUT2D eigenvalue weighted by atomic mass is 19.1. The fraction of sp³-hybridized carbons (Fsp3) is 0.333. The topological polar surface area (TPSA) is 12.0 Å². The molecule has 0 aromatic heterocycles. The van der Waals surface area contributed by atoms with E-state index in [1.165, 1.54) is 30.0 Å². The van der Waals surface area contributed by atoms with Crippen molar-refractivity contribution in [2.24, 2.45) is 0 Å². The van der Waals surface area contributed by atoms with Gasteiger partial charge >= 0.3 is 0 Å². The Hall–Kier alpha value is -1.67. The van der Waals surface area contributed by atoms with Gasteiger partial charge in [-0.05, 0) is 60.5 Å². The molecule has 1 saturated carbocycles. The van der Waals surface area contributed by atoms with Gasteiger partial charge in [0.15, 0.2) is 0 Å². The first-order valence-corrected chi connectivity index (χ1v) is 7.35. The molecule has 0 unspecified atom stereocenters. The molecule has 0 radical (unpaired) electrons. The van der Waals surface area contributed by atoms with E-state index in [1.54, 1.807) is 12.1 Å². The van der Waals surface area contributed by atoms with Crippen LogP contribution < -0.4 is 5.32 Å². The Morgan fingerprint density at radius 2 is 1.80 bits per heavy atom. The summed E-state index contributed by atoms with van der Waals surface area (Å²) >= 11 is 0. The quantitative estimate of drug-likeness (QED) is 0.781. The molecule has 2 aromatic rings. The third-order valence-corrected chi connectivity index (χ3v) is 3.81. The number of benzene rings is 2. The van der Waals surface area contributed by atoms with Gasteiger partial charge in [-0.1, -0.05) is 36.4 Å². The molecule has 104 valence electrons. The summed E-state index contributed by atoms with van der Waals surface area (Å²) in [6.07, 6.45) is 3.55. The van der Waals surface area contributed by atoms with Crippen molar-refractivity contribution in [3.05, 3.63) is 71.0 Å². The minimum Gasteiger partial charge on any atom is -0.312 e. The van der Waals surface area contributed by atoms with Crippen LogP contribution in [0.25, 0.3) is 0 Å². The summed E-state index contributed by atoms with van der Waals surface area (Å²) < 4.78 is 13.0. The van der Waals surface area contributed by atoms with Crippen LogP contribution in [0.15, 0.2) is 48.5 Å². The van der Waals surface area contributed by atoms with Gasteiger partial charge in [0.05, 0.1) is 0 Å². The van der Waals surface area contributed by atoms with Crippen LogP contribution in [0.1, 0.15) is 35.4 Å². The molecule has 1 aliphatic rings. The van der Waals surface area contributed by atoms with Gasteiger partial charge in [-0.15, -0.1) is 0 Å². The molecule has 0 heterocycles. The number of hydrogen-bond acceptors (Lipinski definition) is 1. The van der Waals surface area contributed by atoms with E-state index in [2.05, 4.69) is 29.6 Å². The van der Waals surface area contributed by atoms with E-state index in [9.17, 15) is 4.39 Å². The minimum atomic E-state index is -0.153. The van der Waals surface area contributed by atoms with Gasteiger partial charge in [-0.2, -0.15) is 0 Å². The van der Waals surface area contributed by atoms with E-state index >= 15 is 0 Å². The molecule has 1 aliphatic carbocycles. The van der Waals surface area contributed by atoms with Crippen LogP contribution in [-0.4, -0.2) is 6.54 Å². The molecule has 2 aromatic carbocycles. The van der Waals surface area contributed by atoms with E-state index in [0.717, 1.165) is 31.0 Å². The van der Waals surface area contributed by atoms with E-state index in [0.29, 0.717) is 0 Å². The average Bonchev–Trinajstić information content (AvgIpc) is 3.29. The van der Waals surface area contributed by atoms with E-state index < -0.39 is 0 Å². The second-order valence-corrected chi connectivity index (χ2v) is 5.58. The van der Waals surface area contributed by atoms with Crippen molar-refractivity contribution in [3.63, 3.8) is 0 Å². The predicted octanol–water partition coefficient (Wildman–Crippen LogP) is 4.04. The minimum absolute atomic E-state index is 0.153. The van der Waals surface area contributed by atoms with Crippen molar-refractivity contribution in [2.75, 3.05) is 6.54 Å². The van der Waals surface area contributed by atoms with Crippen molar-refractivity contribution >= 4 is 0 Å². The van der Waals surface area contributed by atoms with Crippen LogP contribution in [0.4, 0.5) is 4.39 Å². The molecule has 1 nitrogen and oxygen atoms in total. The maximum Gasteiger partial charge on any atom is 0.123 e. The van der Waals surface area contributed by atoms with Crippen molar-refractivity contribution in [3.8, 4) is 0 Å². The summed E-state index contributed by atoms with van der Waals surface area (Å²) in [5.74, 6) is 0.655. The van der Waals surface area contributed by atoms with Gasteiger partial charge in [0, 0.05) is 6.54 Å². The number of hydrogen-bond donors (Lipinski definition) is 1. The van der Waals surface area contributed by atoms with Gasteiger partial charge in [0.25, 0.3) is 0 Å². The Morgan fingerprint density at radius 1 is 1.00 bits per heavy atom. The van der Waals surface area contributed by atoms with Crippen molar-refractivity contribution in [1.29, 1.82) is 0 Å². The summed E-state index contributed by atoms with van der Waals surface area (Å²) in [7, 11) is 0. The maximum absolute atomic E-state index is 13.0. The highest BCUT2D eigenvalue weighted by molar-refractivity contribution is 5.29. The third-order valence-electron chi connectivity index (χ3n) is 3.81. The summed E-state index contributed by atoms with van der Waals surface area (Å²) in [6.45, 7) is 1.76. The summed E-state index contributed by atoms with van der Waals surface area (Å²) in [4.78, 5) is 0. The first-order valence-electron chi connectivity index (χ1n) is 7.35. The zero-order valence-electron chi connectivity index (χ0n) is 11.6. The lowest BCUT2D eigenvalue weighted by Crippen LogP contribution is -2.16. The molecule has 1 N–H and O–H groups in total. The summed E-state index contributed by atoms with van der Waals surface area (Å²) in [5, 5.41) is 3.43. The summed E-state index contributed by atoms with van der Waals surface area (Å²) in [6, 6.07) is 15.7. The smallest absolute Gasteiger partial charge is 0.123 e. The van der Waals surface area contributed by atoms with Crippen LogP contribution in [0.2, 0.25) is 0 Å². The normalized spacial score (nSPS) is 14.4. The Bertz CT molecular complexity index is 575. The molecule has 0 spiro atoms. The van der Waals surface area contributed by atoms with Crippen LogP contribution >= 0.6 is 0 Å². The molecular weight excluding hydrogens is 249 g/mol. The lowest BCUT2D eigenvalue weighted by molar-refractivity contribution is 0.622. The molecule has 3 rings (SSSR count). The SMILES string of the molecule is Fc1cccc(CCNCc2cccc(C3CC3)c2)c1. The Labute approximate surface area is 119 Å². The van der Waals surface area contributed by atoms with Crippen molar-refractivity contribution in [2.45, 2.75) is 31.7 Å². The Kier molecular flexibility index (Phi) is 4.12. The Balaban J connectivity index is 1.46. The van der Waals surface area contributed by atoms with Crippen LogP contribution in [-0.2, 0) is 13.0 Å². The van der Waals surface area contributed by atoms with E-state index in [1.807, 2.05) is 6.07 Å². The molecule has 0 atom stereocenters. The zero-order chi connectivity index (χ0) is 13.8. The zero-order valence-corrected chi connectivity index (χ0v) is 11.6. The number of rotatable bonds is 6. The lowest BCUT2D eigenvalue weighted by Gasteiger charge is -2.07. The van der Waals surface area contributed by atoms with Crippen molar-refractivity contribution < 1.29 is 4.39 Å². The molecule has 1 fully saturated rings. The third kappa shape index (κ3) is 3.67. The molecule has 0 amide bonds. The van der Waals surface area contributed by atoms with Crippen LogP contribution in [0.3, 0.4) is 0 Å². The maximum atomic E-state index is 13.0. The number of halogens is 1. The lowest BCUT2D eigenvalue weighted by atomic mass is 10.1. The number of nitrogens with one attached hydrogen (secondary N) is 1. The van der Waals surface area contributed by atoms with Crippen LogP contribution in [0.5, 0.6) is 0 Å². The first-order chi connectivity index (χ1) is 9.81. The standard InChI is InChI=1S/C18H20FN/c19-18-6-2-3-14(12-18)9-10-20-13-15-4-1-5-17(11-15)16-7-8-16/h1-6,11-12,16,20H,7-10,13H2. The predicted molar refractivity (Wildman–Crippen MR) is 80.2 cm³/mol. The first kappa shape index (κ1) is 13.3. The fourth-order valence-electron chi connectivity index (χ4n) is 2.53. The second-order valence-electron chi connectivity index (χ2n) is 5.58. The molecular formula is C18H20FN. The Morgan fingerprint density at radius 3 is 2.60 bits per heavy atom.